The SMILES string of the molecule is Cc1cc2c(cc1OCC1CC1)O[C@H](c1cscn1)n1cc(C(=O)O)c(=O)cc1-2. The Kier molecular flexibility index (Phi) is 4.16. The van der Waals surface area contributed by atoms with E-state index in [-0.39, 0.29) is 5.56 Å². The number of aryl methyl sites for hydroxylation is 1. The van der Waals surface area contributed by atoms with Crippen molar-refractivity contribution in [2.45, 2.75) is 26.0 Å². The first-order valence-corrected chi connectivity index (χ1v) is 10.3. The number of hydrogen-bond acceptors (Lipinski definition) is 6. The second-order valence-corrected chi connectivity index (χ2v) is 8.12. The second kappa shape index (κ2) is 6.73. The first-order chi connectivity index (χ1) is 14.0. The molecule has 0 amide bonds. The maximum absolute atomic E-state index is 12.4. The minimum atomic E-state index is -1.27. The number of rotatable bonds is 5. The molecule has 1 aliphatic heterocycles. The molecule has 3 heterocycles. The summed E-state index contributed by atoms with van der Waals surface area (Å²) >= 11 is 1.42. The number of carboxylic acids is 1. The van der Waals surface area contributed by atoms with E-state index in [9.17, 15) is 14.7 Å². The van der Waals surface area contributed by atoms with Crippen molar-refractivity contribution in [3.05, 3.63) is 62.3 Å². The minimum Gasteiger partial charge on any atom is -0.493 e. The van der Waals surface area contributed by atoms with Crippen molar-refractivity contribution in [3.63, 3.8) is 0 Å². The maximum atomic E-state index is 12.4. The van der Waals surface area contributed by atoms with Gasteiger partial charge < -0.3 is 19.1 Å². The summed E-state index contributed by atoms with van der Waals surface area (Å²) < 4.78 is 13.9. The van der Waals surface area contributed by atoms with Crippen LogP contribution in [0.15, 0.2) is 40.1 Å². The number of thiazole rings is 1. The quantitative estimate of drug-likeness (QED) is 0.690. The fourth-order valence-electron chi connectivity index (χ4n) is 3.46. The summed E-state index contributed by atoms with van der Waals surface area (Å²) in [6, 6.07) is 5.13. The van der Waals surface area contributed by atoms with Gasteiger partial charge in [-0.3, -0.25) is 4.79 Å². The highest BCUT2D eigenvalue weighted by atomic mass is 32.1. The predicted octanol–water partition coefficient (Wildman–Crippen LogP) is 3.71. The molecule has 1 fully saturated rings. The van der Waals surface area contributed by atoms with Gasteiger partial charge in [0, 0.05) is 29.3 Å². The zero-order valence-corrected chi connectivity index (χ0v) is 16.4. The first kappa shape index (κ1) is 17.9. The molecule has 1 atom stereocenters. The molecule has 7 nitrogen and oxygen atoms in total. The summed E-state index contributed by atoms with van der Waals surface area (Å²) in [5, 5.41) is 11.2. The van der Waals surface area contributed by atoms with Gasteiger partial charge in [0.15, 0.2) is 5.43 Å². The number of carboxylic acid groups (broad SMARTS) is 1. The number of carbonyl (C=O) groups is 1. The van der Waals surface area contributed by atoms with E-state index in [0.717, 1.165) is 16.9 Å². The Labute approximate surface area is 170 Å². The number of fused-ring (bicyclic) bond motifs is 3. The highest BCUT2D eigenvalue weighted by Crippen LogP contribution is 2.43. The van der Waals surface area contributed by atoms with Crippen LogP contribution in [0.5, 0.6) is 11.5 Å². The van der Waals surface area contributed by atoms with E-state index in [1.54, 1.807) is 10.1 Å². The zero-order chi connectivity index (χ0) is 20.1. The van der Waals surface area contributed by atoms with Crippen molar-refractivity contribution >= 4 is 17.3 Å². The lowest BCUT2D eigenvalue weighted by Crippen LogP contribution is -2.28. The van der Waals surface area contributed by atoms with Gasteiger partial charge in [0.1, 0.15) is 22.8 Å². The monoisotopic (exact) mass is 410 g/mol. The molecule has 0 spiro atoms. The number of aromatic carboxylic acids is 1. The molecule has 0 saturated heterocycles. The molecule has 29 heavy (non-hydrogen) atoms. The third-order valence-corrected chi connectivity index (χ3v) is 5.83. The Hall–Kier alpha value is -3.13. The van der Waals surface area contributed by atoms with Crippen molar-refractivity contribution < 1.29 is 19.4 Å². The Morgan fingerprint density at radius 3 is 2.90 bits per heavy atom. The van der Waals surface area contributed by atoms with Crippen LogP contribution in [0.3, 0.4) is 0 Å². The molecule has 8 heteroatoms. The minimum absolute atomic E-state index is 0.304. The van der Waals surface area contributed by atoms with Crippen LogP contribution in [0, 0.1) is 12.8 Å². The van der Waals surface area contributed by atoms with Crippen LogP contribution in [0.1, 0.15) is 40.7 Å². The summed E-state index contributed by atoms with van der Waals surface area (Å²) in [4.78, 5) is 28.2. The van der Waals surface area contributed by atoms with E-state index >= 15 is 0 Å². The maximum Gasteiger partial charge on any atom is 0.341 e. The third-order valence-electron chi connectivity index (χ3n) is 5.23. The summed E-state index contributed by atoms with van der Waals surface area (Å²) in [7, 11) is 0. The van der Waals surface area contributed by atoms with Crippen molar-refractivity contribution in [2.24, 2.45) is 5.92 Å². The Bertz CT molecular complexity index is 1160. The Morgan fingerprint density at radius 1 is 1.38 bits per heavy atom. The van der Waals surface area contributed by atoms with Gasteiger partial charge >= 0.3 is 5.97 Å². The van der Waals surface area contributed by atoms with E-state index in [0.29, 0.717) is 29.7 Å². The van der Waals surface area contributed by atoms with Crippen LogP contribution in [0.4, 0.5) is 0 Å². The fourth-order valence-corrected chi connectivity index (χ4v) is 4.02. The molecule has 1 aliphatic carbocycles. The van der Waals surface area contributed by atoms with Crippen LogP contribution >= 0.6 is 11.3 Å². The molecular formula is C21H18N2O5S. The number of aromatic nitrogens is 2. The lowest BCUT2D eigenvalue weighted by molar-refractivity contribution is 0.0693. The molecule has 5 rings (SSSR count). The van der Waals surface area contributed by atoms with Gasteiger partial charge in [-0.1, -0.05) is 0 Å². The van der Waals surface area contributed by atoms with Gasteiger partial charge in [-0.15, -0.1) is 11.3 Å². The van der Waals surface area contributed by atoms with Gasteiger partial charge in [-0.25, -0.2) is 9.78 Å². The Balaban J connectivity index is 1.66. The van der Waals surface area contributed by atoms with Crippen LogP contribution in [0.2, 0.25) is 0 Å². The fraction of sp³-hybridized carbons (Fsp3) is 0.286. The van der Waals surface area contributed by atoms with Crippen molar-refractivity contribution in [1.29, 1.82) is 0 Å². The summed E-state index contributed by atoms with van der Waals surface area (Å²) in [5.74, 6) is 0.698. The number of ether oxygens (including phenoxy) is 2. The highest BCUT2D eigenvalue weighted by Gasteiger charge is 2.30. The topological polar surface area (TPSA) is 90.7 Å². The third kappa shape index (κ3) is 3.19. The lowest BCUT2D eigenvalue weighted by Gasteiger charge is -2.31. The summed E-state index contributed by atoms with van der Waals surface area (Å²) in [6.45, 7) is 2.64. The number of benzene rings is 1. The molecule has 0 bridgehead atoms. The van der Waals surface area contributed by atoms with Gasteiger partial charge in [-0.05, 0) is 37.3 Å². The van der Waals surface area contributed by atoms with E-state index in [2.05, 4.69) is 4.98 Å². The summed E-state index contributed by atoms with van der Waals surface area (Å²) in [5.41, 5.74) is 3.73. The zero-order valence-electron chi connectivity index (χ0n) is 15.6. The van der Waals surface area contributed by atoms with Gasteiger partial charge in [0.05, 0.1) is 17.8 Å². The summed E-state index contributed by atoms with van der Waals surface area (Å²) in [6.07, 6.45) is 3.07. The van der Waals surface area contributed by atoms with E-state index in [4.69, 9.17) is 9.47 Å². The molecule has 2 aliphatic rings. The van der Waals surface area contributed by atoms with Crippen molar-refractivity contribution in [1.82, 2.24) is 9.55 Å². The average Bonchev–Trinajstić information content (AvgIpc) is 3.36. The molecule has 1 N–H and O–H groups in total. The van der Waals surface area contributed by atoms with Crippen LogP contribution in [0.25, 0.3) is 11.3 Å². The predicted molar refractivity (Wildman–Crippen MR) is 107 cm³/mol. The lowest BCUT2D eigenvalue weighted by atomic mass is 10.0. The molecular weight excluding hydrogens is 392 g/mol. The number of hydrogen-bond donors (Lipinski definition) is 1. The molecule has 0 unspecified atom stereocenters. The van der Waals surface area contributed by atoms with Crippen LogP contribution in [-0.4, -0.2) is 27.2 Å². The molecule has 148 valence electrons. The van der Waals surface area contributed by atoms with Gasteiger partial charge in [0.2, 0.25) is 6.23 Å². The molecule has 3 aromatic rings. The smallest absolute Gasteiger partial charge is 0.341 e. The van der Waals surface area contributed by atoms with Gasteiger partial charge in [0.25, 0.3) is 0 Å². The number of pyridine rings is 1. The largest absolute Gasteiger partial charge is 0.493 e. The highest BCUT2D eigenvalue weighted by molar-refractivity contribution is 7.07. The molecule has 2 aromatic heterocycles. The first-order valence-electron chi connectivity index (χ1n) is 9.33. The normalized spacial score (nSPS) is 17.2. The van der Waals surface area contributed by atoms with Crippen LogP contribution in [-0.2, 0) is 0 Å². The molecule has 1 saturated carbocycles. The number of nitrogens with zero attached hydrogens (tertiary/aromatic N) is 2. The second-order valence-electron chi connectivity index (χ2n) is 7.40. The standard InChI is InChI=1S/C21H18N2O5S/c1-11-4-13-16-5-17(24)14(21(25)26)7-23(16)20(15-9-29-10-22-15)28-19(13)6-18(11)27-8-12-2-3-12/h4-7,9-10,12,20H,2-3,8H2,1H3,(H,25,26)/t20-/m1/s1. The van der Waals surface area contributed by atoms with E-state index in [1.165, 1.54) is 36.4 Å². The van der Waals surface area contributed by atoms with Crippen molar-refractivity contribution in [2.75, 3.05) is 6.61 Å². The van der Waals surface area contributed by atoms with E-state index < -0.39 is 17.6 Å². The van der Waals surface area contributed by atoms with E-state index in [1.807, 2.05) is 24.4 Å². The molecule has 1 aromatic carbocycles. The van der Waals surface area contributed by atoms with Crippen LogP contribution < -0.4 is 14.9 Å². The van der Waals surface area contributed by atoms with Crippen molar-refractivity contribution in [3.8, 4) is 22.8 Å². The molecule has 0 radical (unpaired) electrons. The van der Waals surface area contributed by atoms with Gasteiger partial charge in [-0.2, -0.15) is 0 Å². The Morgan fingerprint density at radius 2 is 2.21 bits per heavy atom. The average molecular weight is 410 g/mol.